The van der Waals surface area contributed by atoms with Gasteiger partial charge in [-0.2, -0.15) is 0 Å². The third kappa shape index (κ3) is 4.58. The van der Waals surface area contributed by atoms with Gasteiger partial charge in [0.2, 0.25) is 11.8 Å². The van der Waals surface area contributed by atoms with Gasteiger partial charge >= 0.3 is 0 Å². The van der Waals surface area contributed by atoms with Crippen LogP contribution in [0.2, 0.25) is 0 Å². The van der Waals surface area contributed by atoms with Gasteiger partial charge in [-0.05, 0) is 46.0 Å². The van der Waals surface area contributed by atoms with Crippen LogP contribution in [0.15, 0.2) is 11.6 Å². The molecule has 0 heterocycles. The van der Waals surface area contributed by atoms with E-state index in [2.05, 4.69) is 39.1 Å². The Labute approximate surface area is 129 Å². The monoisotopic (exact) mass is 294 g/mol. The molecule has 2 amide bonds. The van der Waals surface area contributed by atoms with Crippen LogP contribution in [0.4, 0.5) is 0 Å². The van der Waals surface area contributed by atoms with Gasteiger partial charge in [-0.15, -0.1) is 0 Å². The Kier molecular flexibility index (Phi) is 4.91. The van der Waals surface area contributed by atoms with Crippen molar-refractivity contribution in [3.05, 3.63) is 11.6 Å². The molecule has 120 valence electrons. The van der Waals surface area contributed by atoms with Crippen molar-refractivity contribution in [3.63, 3.8) is 0 Å². The molecule has 0 aliphatic heterocycles. The maximum Gasteiger partial charge on any atom is 0.240 e. The standard InChI is InChI=1S/C17H30N2O2/c1-11(2)9-12-14(17(12,6)7)15(21)19(8)10-13(20)18-16(3,4)5/h9,12,14H,10H2,1-8H3,(H,18,20)/t12-,14-/m1/s1. The van der Waals surface area contributed by atoms with Crippen molar-refractivity contribution in [2.75, 3.05) is 13.6 Å². The zero-order valence-corrected chi connectivity index (χ0v) is 14.7. The zero-order valence-electron chi connectivity index (χ0n) is 14.7. The van der Waals surface area contributed by atoms with Gasteiger partial charge in [0.25, 0.3) is 0 Å². The van der Waals surface area contributed by atoms with Gasteiger partial charge in [-0.1, -0.05) is 25.5 Å². The van der Waals surface area contributed by atoms with Gasteiger partial charge in [0.05, 0.1) is 12.5 Å². The van der Waals surface area contributed by atoms with Crippen LogP contribution in [0.25, 0.3) is 0 Å². The van der Waals surface area contributed by atoms with Crippen molar-refractivity contribution in [2.24, 2.45) is 17.3 Å². The molecule has 0 aromatic rings. The summed E-state index contributed by atoms with van der Waals surface area (Å²) in [6.45, 7) is 14.2. The highest BCUT2D eigenvalue weighted by molar-refractivity contribution is 5.88. The number of amides is 2. The number of hydrogen-bond donors (Lipinski definition) is 1. The minimum atomic E-state index is -0.273. The average Bonchev–Trinajstić information content (AvgIpc) is 2.75. The normalized spacial score (nSPS) is 23.2. The predicted octanol–water partition coefficient (Wildman–Crippen LogP) is 2.60. The number of carbonyl (C=O) groups excluding carboxylic acids is 2. The highest BCUT2D eigenvalue weighted by atomic mass is 16.2. The molecule has 4 nitrogen and oxygen atoms in total. The van der Waals surface area contributed by atoms with Crippen molar-refractivity contribution >= 4 is 11.8 Å². The fraction of sp³-hybridized carbons (Fsp3) is 0.765. The van der Waals surface area contributed by atoms with Gasteiger partial charge in [0.1, 0.15) is 0 Å². The van der Waals surface area contributed by atoms with E-state index < -0.39 is 0 Å². The van der Waals surface area contributed by atoms with Gasteiger partial charge < -0.3 is 10.2 Å². The van der Waals surface area contributed by atoms with Crippen LogP contribution in [0.5, 0.6) is 0 Å². The largest absolute Gasteiger partial charge is 0.350 e. The van der Waals surface area contributed by atoms with Crippen LogP contribution in [-0.2, 0) is 9.59 Å². The molecular weight excluding hydrogens is 264 g/mol. The number of nitrogens with zero attached hydrogens (tertiary/aromatic N) is 1. The molecule has 0 bridgehead atoms. The molecule has 0 unspecified atom stereocenters. The Balaban J connectivity index is 2.64. The molecule has 1 aliphatic rings. The number of hydrogen-bond acceptors (Lipinski definition) is 2. The fourth-order valence-corrected chi connectivity index (χ4v) is 2.81. The van der Waals surface area contributed by atoms with Gasteiger partial charge in [0, 0.05) is 12.6 Å². The Hall–Kier alpha value is -1.32. The summed E-state index contributed by atoms with van der Waals surface area (Å²) in [6.07, 6.45) is 2.17. The molecular formula is C17H30N2O2. The summed E-state index contributed by atoms with van der Waals surface area (Å²) in [5.41, 5.74) is 0.949. The third-order valence-electron chi connectivity index (χ3n) is 3.96. The molecule has 0 spiro atoms. The van der Waals surface area contributed by atoms with Crippen LogP contribution >= 0.6 is 0 Å². The summed E-state index contributed by atoms with van der Waals surface area (Å²) in [5, 5.41) is 2.88. The van der Waals surface area contributed by atoms with Crippen molar-refractivity contribution < 1.29 is 9.59 Å². The first-order valence-electron chi connectivity index (χ1n) is 7.57. The van der Waals surface area contributed by atoms with E-state index in [0.717, 1.165) is 0 Å². The second-order valence-electron chi connectivity index (χ2n) is 8.06. The molecule has 0 aromatic heterocycles. The van der Waals surface area contributed by atoms with E-state index in [0.29, 0.717) is 0 Å². The molecule has 1 fully saturated rings. The highest BCUT2D eigenvalue weighted by Crippen LogP contribution is 2.59. The Bertz CT molecular complexity index is 454. The Morgan fingerprint density at radius 3 is 2.19 bits per heavy atom. The van der Waals surface area contributed by atoms with E-state index in [1.165, 1.54) is 5.57 Å². The third-order valence-corrected chi connectivity index (χ3v) is 3.96. The van der Waals surface area contributed by atoms with Crippen LogP contribution < -0.4 is 5.32 Å². The van der Waals surface area contributed by atoms with E-state index in [1.807, 2.05) is 20.8 Å². The maximum absolute atomic E-state index is 12.5. The minimum Gasteiger partial charge on any atom is -0.350 e. The van der Waals surface area contributed by atoms with Crippen LogP contribution in [-0.4, -0.2) is 35.8 Å². The summed E-state index contributed by atoms with van der Waals surface area (Å²) in [7, 11) is 1.71. The van der Waals surface area contributed by atoms with Gasteiger partial charge in [-0.3, -0.25) is 9.59 Å². The number of nitrogens with one attached hydrogen (secondary N) is 1. The van der Waals surface area contributed by atoms with Gasteiger partial charge in [0.15, 0.2) is 0 Å². The lowest BCUT2D eigenvalue weighted by molar-refractivity contribution is -0.136. The number of carbonyl (C=O) groups is 2. The zero-order chi connectivity index (χ0) is 16.6. The lowest BCUT2D eigenvalue weighted by atomic mass is 10.1. The molecule has 0 saturated heterocycles. The molecule has 1 N–H and O–H groups in total. The van der Waals surface area contributed by atoms with E-state index in [4.69, 9.17) is 0 Å². The van der Waals surface area contributed by atoms with Crippen molar-refractivity contribution in [1.29, 1.82) is 0 Å². The molecule has 4 heteroatoms. The summed E-state index contributed by atoms with van der Waals surface area (Å²) in [4.78, 5) is 26.0. The first kappa shape index (κ1) is 17.7. The second-order valence-corrected chi connectivity index (χ2v) is 8.06. The van der Waals surface area contributed by atoms with E-state index in [9.17, 15) is 9.59 Å². The first-order chi connectivity index (χ1) is 9.36. The lowest BCUT2D eigenvalue weighted by Gasteiger charge is -2.23. The van der Waals surface area contributed by atoms with Crippen molar-refractivity contribution in [2.45, 2.75) is 54.0 Å². The molecule has 1 saturated carbocycles. The van der Waals surface area contributed by atoms with Gasteiger partial charge in [-0.25, -0.2) is 0 Å². The van der Waals surface area contributed by atoms with Crippen molar-refractivity contribution in [1.82, 2.24) is 10.2 Å². The van der Waals surface area contributed by atoms with E-state index in [1.54, 1.807) is 11.9 Å². The topological polar surface area (TPSA) is 49.4 Å². The van der Waals surface area contributed by atoms with Crippen LogP contribution in [0.3, 0.4) is 0 Å². The number of likely N-dealkylation sites (N-methyl/N-ethyl adjacent to an activating group) is 1. The summed E-state index contributed by atoms with van der Waals surface area (Å²) in [6, 6.07) is 0. The lowest BCUT2D eigenvalue weighted by Crippen LogP contribution is -2.46. The SMILES string of the molecule is CC(C)=C[C@@H]1[C@H](C(=O)N(C)CC(=O)NC(C)(C)C)C1(C)C. The number of allylic oxidation sites excluding steroid dienone is 2. The van der Waals surface area contributed by atoms with E-state index in [-0.39, 0.29) is 41.1 Å². The van der Waals surface area contributed by atoms with E-state index >= 15 is 0 Å². The molecule has 1 rings (SSSR count). The average molecular weight is 294 g/mol. The molecule has 0 radical (unpaired) electrons. The predicted molar refractivity (Wildman–Crippen MR) is 85.7 cm³/mol. The fourth-order valence-electron chi connectivity index (χ4n) is 2.81. The summed E-state index contributed by atoms with van der Waals surface area (Å²) < 4.78 is 0. The molecule has 0 aromatic carbocycles. The quantitative estimate of drug-likeness (QED) is 0.810. The van der Waals surface area contributed by atoms with Crippen LogP contribution in [0.1, 0.15) is 48.5 Å². The number of rotatable bonds is 4. The second kappa shape index (κ2) is 5.82. The Morgan fingerprint density at radius 1 is 1.24 bits per heavy atom. The summed E-state index contributed by atoms with van der Waals surface area (Å²) >= 11 is 0. The Morgan fingerprint density at radius 2 is 1.76 bits per heavy atom. The molecule has 2 atom stereocenters. The van der Waals surface area contributed by atoms with Crippen LogP contribution in [0, 0.1) is 17.3 Å². The van der Waals surface area contributed by atoms with Crippen molar-refractivity contribution in [3.8, 4) is 0 Å². The highest BCUT2D eigenvalue weighted by Gasteiger charge is 2.61. The molecule has 1 aliphatic carbocycles. The summed E-state index contributed by atoms with van der Waals surface area (Å²) in [5.74, 6) is 0.213. The smallest absolute Gasteiger partial charge is 0.240 e. The first-order valence-corrected chi connectivity index (χ1v) is 7.57. The maximum atomic E-state index is 12.5. The minimum absolute atomic E-state index is 0.0108. The molecule has 21 heavy (non-hydrogen) atoms.